The lowest BCUT2D eigenvalue weighted by atomic mass is 10.2. The van der Waals surface area contributed by atoms with Crippen molar-refractivity contribution in [1.82, 2.24) is 0 Å². The monoisotopic (exact) mass is 184 g/mol. The summed E-state index contributed by atoms with van der Waals surface area (Å²) < 4.78 is 4.68. The summed E-state index contributed by atoms with van der Waals surface area (Å²) in [7, 11) is 0. The van der Waals surface area contributed by atoms with Gasteiger partial charge in [-0.1, -0.05) is 6.08 Å². The number of rotatable bonds is 6. The van der Waals surface area contributed by atoms with Crippen LogP contribution in [0.1, 0.15) is 33.1 Å². The highest BCUT2D eigenvalue weighted by Gasteiger charge is 1.93. The SMILES string of the molecule is CCOC(=O)/C=C/CCCC(C)=O. The Bertz CT molecular complexity index is 194. The molecule has 0 bridgehead atoms. The van der Waals surface area contributed by atoms with Crippen molar-refractivity contribution < 1.29 is 14.3 Å². The van der Waals surface area contributed by atoms with E-state index in [1.165, 1.54) is 6.08 Å². The van der Waals surface area contributed by atoms with Crippen molar-refractivity contribution in [2.24, 2.45) is 0 Å². The predicted molar refractivity (Wildman–Crippen MR) is 50.3 cm³/mol. The van der Waals surface area contributed by atoms with Crippen LogP contribution in [0.25, 0.3) is 0 Å². The Labute approximate surface area is 78.8 Å². The molecule has 3 nitrogen and oxygen atoms in total. The lowest BCUT2D eigenvalue weighted by Gasteiger charge is -1.94. The largest absolute Gasteiger partial charge is 0.463 e. The summed E-state index contributed by atoms with van der Waals surface area (Å²) in [4.78, 5) is 21.3. The van der Waals surface area contributed by atoms with E-state index in [1.807, 2.05) is 0 Å². The van der Waals surface area contributed by atoms with Crippen LogP contribution < -0.4 is 0 Å². The van der Waals surface area contributed by atoms with Gasteiger partial charge in [-0.15, -0.1) is 0 Å². The second kappa shape index (κ2) is 7.53. The molecule has 74 valence electrons. The standard InChI is InChI=1S/C10H16O3/c1-3-13-10(12)8-6-4-5-7-9(2)11/h6,8H,3-5,7H2,1-2H3/b8-6+. The van der Waals surface area contributed by atoms with Gasteiger partial charge in [-0.05, 0) is 26.7 Å². The van der Waals surface area contributed by atoms with Gasteiger partial charge in [-0.3, -0.25) is 0 Å². The summed E-state index contributed by atoms with van der Waals surface area (Å²) in [5.41, 5.74) is 0. The first-order chi connectivity index (χ1) is 6.16. The Balaban J connectivity index is 3.40. The Hall–Kier alpha value is -1.12. The average Bonchev–Trinajstić information content (AvgIpc) is 2.03. The van der Waals surface area contributed by atoms with E-state index in [0.29, 0.717) is 13.0 Å². The highest BCUT2D eigenvalue weighted by molar-refractivity contribution is 5.81. The molecule has 0 saturated heterocycles. The van der Waals surface area contributed by atoms with E-state index in [0.717, 1.165) is 12.8 Å². The van der Waals surface area contributed by atoms with Gasteiger partial charge in [-0.2, -0.15) is 0 Å². The summed E-state index contributed by atoms with van der Waals surface area (Å²) in [5.74, 6) is -0.130. The maximum absolute atomic E-state index is 10.8. The highest BCUT2D eigenvalue weighted by atomic mass is 16.5. The van der Waals surface area contributed by atoms with Crippen LogP contribution in [0, 0.1) is 0 Å². The molecule has 0 aliphatic rings. The number of esters is 1. The maximum Gasteiger partial charge on any atom is 0.330 e. The van der Waals surface area contributed by atoms with Crippen LogP contribution in [0.15, 0.2) is 12.2 Å². The van der Waals surface area contributed by atoms with E-state index in [2.05, 4.69) is 4.74 Å². The van der Waals surface area contributed by atoms with Gasteiger partial charge in [0.15, 0.2) is 0 Å². The maximum atomic E-state index is 10.8. The van der Waals surface area contributed by atoms with Crippen molar-refractivity contribution in [2.75, 3.05) is 6.61 Å². The van der Waals surface area contributed by atoms with Crippen LogP contribution in [0.2, 0.25) is 0 Å². The zero-order valence-electron chi connectivity index (χ0n) is 8.21. The zero-order chi connectivity index (χ0) is 10.1. The molecular formula is C10H16O3. The smallest absolute Gasteiger partial charge is 0.330 e. The molecule has 3 heteroatoms. The van der Waals surface area contributed by atoms with E-state index in [-0.39, 0.29) is 11.8 Å². The van der Waals surface area contributed by atoms with Crippen molar-refractivity contribution in [1.29, 1.82) is 0 Å². The quantitative estimate of drug-likeness (QED) is 0.359. The third-order valence-corrected chi connectivity index (χ3v) is 1.44. The van der Waals surface area contributed by atoms with Crippen LogP contribution in [0.5, 0.6) is 0 Å². The number of carbonyl (C=O) groups excluding carboxylic acids is 2. The van der Waals surface area contributed by atoms with Gasteiger partial charge >= 0.3 is 5.97 Å². The van der Waals surface area contributed by atoms with Gasteiger partial charge in [0.2, 0.25) is 0 Å². The number of hydrogen-bond donors (Lipinski definition) is 0. The minimum atomic E-state index is -0.315. The minimum absolute atomic E-state index is 0.185. The first-order valence-corrected chi connectivity index (χ1v) is 4.49. The summed E-state index contributed by atoms with van der Waals surface area (Å²) in [5, 5.41) is 0. The molecule has 0 atom stereocenters. The summed E-state index contributed by atoms with van der Waals surface area (Å²) >= 11 is 0. The molecule has 0 aliphatic carbocycles. The van der Waals surface area contributed by atoms with Gasteiger partial charge in [0, 0.05) is 12.5 Å². The van der Waals surface area contributed by atoms with Crippen molar-refractivity contribution in [2.45, 2.75) is 33.1 Å². The van der Waals surface area contributed by atoms with E-state index in [4.69, 9.17) is 0 Å². The molecular weight excluding hydrogens is 168 g/mol. The fraction of sp³-hybridized carbons (Fsp3) is 0.600. The molecule has 0 aromatic rings. The fourth-order valence-corrected chi connectivity index (χ4v) is 0.839. The second-order valence-corrected chi connectivity index (χ2v) is 2.75. The fourth-order valence-electron chi connectivity index (χ4n) is 0.839. The normalized spacial score (nSPS) is 10.3. The minimum Gasteiger partial charge on any atom is -0.463 e. The number of ketones is 1. The van der Waals surface area contributed by atoms with Crippen molar-refractivity contribution >= 4 is 11.8 Å². The summed E-state index contributed by atoms with van der Waals surface area (Å²) in [6.45, 7) is 3.73. The van der Waals surface area contributed by atoms with E-state index < -0.39 is 0 Å². The van der Waals surface area contributed by atoms with Crippen molar-refractivity contribution in [3.8, 4) is 0 Å². The summed E-state index contributed by atoms with van der Waals surface area (Å²) in [6, 6.07) is 0. The van der Waals surface area contributed by atoms with E-state index >= 15 is 0 Å². The number of carbonyl (C=O) groups is 2. The molecule has 0 heterocycles. The number of Topliss-reactive ketones (excluding diaryl/α,β-unsaturated/α-hetero) is 1. The van der Waals surface area contributed by atoms with Gasteiger partial charge in [0.25, 0.3) is 0 Å². The van der Waals surface area contributed by atoms with Crippen LogP contribution in [-0.2, 0) is 14.3 Å². The Morgan fingerprint density at radius 1 is 1.38 bits per heavy atom. The predicted octanol–water partition coefficient (Wildman–Crippen LogP) is 1.86. The third-order valence-electron chi connectivity index (χ3n) is 1.44. The molecule has 0 radical (unpaired) electrons. The molecule has 0 unspecified atom stereocenters. The number of unbranched alkanes of at least 4 members (excludes halogenated alkanes) is 1. The molecule has 0 saturated carbocycles. The molecule has 0 aliphatic heterocycles. The zero-order valence-corrected chi connectivity index (χ0v) is 8.21. The molecule has 0 N–H and O–H groups in total. The number of ether oxygens (including phenoxy) is 1. The van der Waals surface area contributed by atoms with E-state index in [9.17, 15) is 9.59 Å². The van der Waals surface area contributed by atoms with Gasteiger partial charge in [0.05, 0.1) is 6.61 Å². The Kier molecular flexibility index (Phi) is 6.88. The summed E-state index contributed by atoms with van der Waals surface area (Å²) in [6.07, 6.45) is 5.27. The highest BCUT2D eigenvalue weighted by Crippen LogP contribution is 1.97. The lowest BCUT2D eigenvalue weighted by Crippen LogP contribution is -1.98. The van der Waals surface area contributed by atoms with Crippen LogP contribution in [0.3, 0.4) is 0 Å². The van der Waals surface area contributed by atoms with Crippen LogP contribution in [0.4, 0.5) is 0 Å². The van der Waals surface area contributed by atoms with E-state index in [1.54, 1.807) is 19.9 Å². The van der Waals surface area contributed by atoms with Crippen LogP contribution in [-0.4, -0.2) is 18.4 Å². The molecule has 0 spiro atoms. The molecule has 0 aromatic heterocycles. The van der Waals surface area contributed by atoms with Crippen molar-refractivity contribution in [3.05, 3.63) is 12.2 Å². The number of hydrogen-bond acceptors (Lipinski definition) is 3. The van der Waals surface area contributed by atoms with Gasteiger partial charge in [0.1, 0.15) is 5.78 Å². The Morgan fingerprint density at radius 2 is 2.08 bits per heavy atom. The molecule has 0 rings (SSSR count). The Morgan fingerprint density at radius 3 is 2.62 bits per heavy atom. The first-order valence-electron chi connectivity index (χ1n) is 4.49. The number of allylic oxidation sites excluding steroid dienone is 1. The average molecular weight is 184 g/mol. The topological polar surface area (TPSA) is 43.4 Å². The molecule has 0 aromatic carbocycles. The molecule has 13 heavy (non-hydrogen) atoms. The van der Waals surface area contributed by atoms with Gasteiger partial charge in [-0.25, -0.2) is 4.79 Å². The molecule has 0 fully saturated rings. The third kappa shape index (κ3) is 8.79. The van der Waals surface area contributed by atoms with Crippen molar-refractivity contribution in [3.63, 3.8) is 0 Å². The second-order valence-electron chi connectivity index (χ2n) is 2.75. The van der Waals surface area contributed by atoms with Gasteiger partial charge < -0.3 is 9.53 Å². The van der Waals surface area contributed by atoms with Crippen LogP contribution >= 0.6 is 0 Å². The first kappa shape index (κ1) is 11.9. The molecule has 0 amide bonds. The lowest BCUT2D eigenvalue weighted by molar-refractivity contribution is -0.137.